The average Bonchev–Trinajstić information content (AvgIpc) is 2.53. The van der Waals surface area contributed by atoms with E-state index < -0.39 is 10.0 Å². The van der Waals surface area contributed by atoms with Gasteiger partial charge in [-0.1, -0.05) is 33.1 Å². The number of unbranched alkanes of at least 4 members (excludes halogenated alkanes) is 2. The van der Waals surface area contributed by atoms with Crippen LogP contribution in [0.3, 0.4) is 0 Å². The Bertz CT molecular complexity index is 558. The molecule has 2 N–H and O–H groups in total. The Kier molecular flexibility index (Phi) is 9.33. The Hall–Kier alpha value is -1.11. The van der Waals surface area contributed by atoms with Gasteiger partial charge in [-0.15, -0.1) is 0 Å². The van der Waals surface area contributed by atoms with Crippen LogP contribution in [-0.2, 0) is 10.0 Å². The number of ether oxygens (including phenoxy) is 1. The number of benzene rings is 1. The predicted octanol–water partition coefficient (Wildman–Crippen LogP) is 3.39. The lowest BCUT2D eigenvalue weighted by molar-refractivity contribution is 0.158. The van der Waals surface area contributed by atoms with Gasteiger partial charge in [-0.05, 0) is 50.6 Å². The Labute approximate surface area is 147 Å². The molecule has 1 atom stereocenters. The third-order valence-corrected chi connectivity index (χ3v) is 5.11. The molecule has 0 bridgehead atoms. The largest absolute Gasteiger partial charge is 0.492 e. The summed E-state index contributed by atoms with van der Waals surface area (Å²) in [5.74, 6) is 0.666. The van der Waals surface area contributed by atoms with Crippen molar-refractivity contribution >= 4 is 10.0 Å². The van der Waals surface area contributed by atoms with Crippen LogP contribution in [0.15, 0.2) is 29.2 Å². The molecule has 1 rings (SSSR count). The van der Waals surface area contributed by atoms with E-state index >= 15 is 0 Å². The van der Waals surface area contributed by atoms with E-state index in [0.717, 1.165) is 13.1 Å². The van der Waals surface area contributed by atoms with Crippen molar-refractivity contribution in [1.29, 1.82) is 0 Å². The highest BCUT2D eigenvalue weighted by atomic mass is 32.2. The quantitative estimate of drug-likeness (QED) is 0.583. The van der Waals surface area contributed by atoms with Gasteiger partial charge in [0, 0.05) is 12.6 Å². The lowest BCUT2D eigenvalue weighted by Gasteiger charge is -2.29. The zero-order chi connectivity index (χ0) is 18.0. The van der Waals surface area contributed by atoms with Gasteiger partial charge in [-0.3, -0.25) is 4.90 Å². The van der Waals surface area contributed by atoms with Crippen molar-refractivity contribution in [2.75, 3.05) is 19.7 Å². The third kappa shape index (κ3) is 7.64. The number of hydrogen-bond donors (Lipinski definition) is 1. The van der Waals surface area contributed by atoms with Crippen LogP contribution >= 0.6 is 0 Å². The molecular formula is C18H32N2O3S. The zero-order valence-electron chi connectivity index (χ0n) is 15.2. The number of hydrogen-bond acceptors (Lipinski definition) is 4. The fourth-order valence-electron chi connectivity index (χ4n) is 2.72. The van der Waals surface area contributed by atoms with Crippen LogP contribution < -0.4 is 9.88 Å². The number of nitrogens with two attached hydrogens (primary N) is 1. The molecule has 1 aromatic rings. The SMILES string of the molecule is CCCCCN(CCOc1ccc(S(N)(=O)=O)cc1)C(C)CCC. The van der Waals surface area contributed by atoms with Gasteiger partial charge in [0.2, 0.25) is 10.0 Å². The van der Waals surface area contributed by atoms with Gasteiger partial charge in [0.05, 0.1) is 4.90 Å². The molecule has 0 aliphatic heterocycles. The summed E-state index contributed by atoms with van der Waals surface area (Å²) in [5, 5.41) is 5.09. The molecule has 0 aromatic heterocycles. The Morgan fingerprint density at radius 2 is 1.75 bits per heavy atom. The highest BCUT2D eigenvalue weighted by Crippen LogP contribution is 2.15. The Balaban J connectivity index is 2.51. The first-order valence-electron chi connectivity index (χ1n) is 8.88. The molecule has 0 heterocycles. The highest BCUT2D eigenvalue weighted by Gasteiger charge is 2.13. The molecule has 6 heteroatoms. The molecule has 0 aliphatic rings. The lowest BCUT2D eigenvalue weighted by atomic mass is 10.1. The molecule has 0 radical (unpaired) electrons. The van der Waals surface area contributed by atoms with Gasteiger partial charge in [-0.25, -0.2) is 13.6 Å². The Morgan fingerprint density at radius 1 is 1.08 bits per heavy atom. The zero-order valence-corrected chi connectivity index (χ0v) is 16.0. The minimum absolute atomic E-state index is 0.104. The van der Waals surface area contributed by atoms with Crippen LogP contribution in [0.2, 0.25) is 0 Å². The second kappa shape index (κ2) is 10.7. The molecule has 0 amide bonds. The van der Waals surface area contributed by atoms with E-state index in [2.05, 4.69) is 25.7 Å². The van der Waals surface area contributed by atoms with Crippen molar-refractivity contribution in [2.24, 2.45) is 5.14 Å². The molecule has 1 aromatic carbocycles. The van der Waals surface area contributed by atoms with Crippen LogP contribution in [-0.4, -0.2) is 39.1 Å². The molecular weight excluding hydrogens is 324 g/mol. The van der Waals surface area contributed by atoms with Crippen LogP contribution in [0.4, 0.5) is 0 Å². The third-order valence-electron chi connectivity index (χ3n) is 4.18. The van der Waals surface area contributed by atoms with Crippen LogP contribution in [0.1, 0.15) is 52.9 Å². The van der Waals surface area contributed by atoms with E-state index in [1.54, 1.807) is 12.1 Å². The summed E-state index contributed by atoms with van der Waals surface area (Å²) in [5.41, 5.74) is 0. The second-order valence-corrected chi connectivity index (χ2v) is 7.81. The summed E-state index contributed by atoms with van der Waals surface area (Å²) >= 11 is 0. The fourth-order valence-corrected chi connectivity index (χ4v) is 3.24. The molecule has 0 aliphatic carbocycles. The summed E-state index contributed by atoms with van der Waals surface area (Å²) in [6, 6.07) is 6.81. The summed E-state index contributed by atoms with van der Waals surface area (Å²) in [7, 11) is -3.65. The van der Waals surface area contributed by atoms with Crippen molar-refractivity contribution < 1.29 is 13.2 Å². The maximum atomic E-state index is 11.2. The van der Waals surface area contributed by atoms with Crippen molar-refractivity contribution in [2.45, 2.75) is 63.8 Å². The summed E-state index contributed by atoms with van der Waals surface area (Å²) in [6.45, 7) is 9.27. The molecule has 0 saturated heterocycles. The van der Waals surface area contributed by atoms with Gasteiger partial charge in [-0.2, -0.15) is 0 Å². The van der Waals surface area contributed by atoms with Crippen molar-refractivity contribution in [3.8, 4) is 5.75 Å². The smallest absolute Gasteiger partial charge is 0.238 e. The van der Waals surface area contributed by atoms with Crippen molar-refractivity contribution in [1.82, 2.24) is 4.90 Å². The van der Waals surface area contributed by atoms with Gasteiger partial charge in [0.25, 0.3) is 0 Å². The van der Waals surface area contributed by atoms with Crippen LogP contribution in [0.25, 0.3) is 0 Å². The second-order valence-electron chi connectivity index (χ2n) is 6.25. The molecule has 0 fully saturated rings. The van der Waals surface area contributed by atoms with E-state index in [1.165, 1.54) is 44.2 Å². The molecule has 1 unspecified atom stereocenters. The van der Waals surface area contributed by atoms with E-state index in [9.17, 15) is 8.42 Å². The maximum absolute atomic E-state index is 11.2. The van der Waals surface area contributed by atoms with Gasteiger partial charge < -0.3 is 4.74 Å². The fraction of sp³-hybridized carbons (Fsp3) is 0.667. The van der Waals surface area contributed by atoms with Crippen molar-refractivity contribution in [3.05, 3.63) is 24.3 Å². The first-order chi connectivity index (χ1) is 11.4. The summed E-state index contributed by atoms with van der Waals surface area (Å²) in [6.07, 6.45) is 6.07. The van der Waals surface area contributed by atoms with Crippen LogP contribution in [0, 0.1) is 0 Å². The number of sulfonamides is 1. The topological polar surface area (TPSA) is 72.6 Å². The molecule has 5 nitrogen and oxygen atoms in total. The standard InChI is InChI=1S/C18H32N2O3S/c1-4-6-7-13-20(16(3)8-5-2)14-15-23-17-9-11-18(12-10-17)24(19,21)22/h9-12,16H,4-8,13-15H2,1-3H3,(H2,19,21,22). The molecule has 0 spiro atoms. The molecule has 0 saturated carbocycles. The van der Waals surface area contributed by atoms with Crippen molar-refractivity contribution in [3.63, 3.8) is 0 Å². The molecule has 138 valence electrons. The minimum atomic E-state index is -3.65. The Morgan fingerprint density at radius 3 is 2.29 bits per heavy atom. The van der Waals surface area contributed by atoms with E-state index in [1.807, 2.05) is 0 Å². The van der Waals surface area contributed by atoms with Gasteiger partial charge >= 0.3 is 0 Å². The number of nitrogens with zero attached hydrogens (tertiary/aromatic N) is 1. The normalized spacial score (nSPS) is 13.2. The van der Waals surface area contributed by atoms with Gasteiger partial charge in [0.1, 0.15) is 12.4 Å². The number of rotatable bonds is 12. The first-order valence-corrected chi connectivity index (χ1v) is 10.4. The maximum Gasteiger partial charge on any atom is 0.238 e. The predicted molar refractivity (Wildman–Crippen MR) is 98.8 cm³/mol. The lowest BCUT2D eigenvalue weighted by Crippen LogP contribution is -2.37. The monoisotopic (exact) mass is 356 g/mol. The average molecular weight is 357 g/mol. The van der Waals surface area contributed by atoms with E-state index in [0.29, 0.717) is 18.4 Å². The van der Waals surface area contributed by atoms with E-state index in [-0.39, 0.29) is 4.90 Å². The summed E-state index contributed by atoms with van der Waals surface area (Å²) in [4.78, 5) is 2.59. The number of primary sulfonamides is 1. The molecule has 24 heavy (non-hydrogen) atoms. The minimum Gasteiger partial charge on any atom is -0.492 e. The highest BCUT2D eigenvalue weighted by molar-refractivity contribution is 7.89. The van der Waals surface area contributed by atoms with E-state index in [4.69, 9.17) is 9.88 Å². The van der Waals surface area contributed by atoms with Gasteiger partial charge in [0.15, 0.2) is 0 Å². The van der Waals surface area contributed by atoms with Crippen LogP contribution in [0.5, 0.6) is 5.75 Å². The first kappa shape index (κ1) is 20.9. The summed E-state index contributed by atoms with van der Waals surface area (Å²) < 4.78 is 28.2.